The fraction of sp³-hybridized carbons (Fsp3) is 0.389. The number of rotatable bonds is 9. The Morgan fingerprint density at radius 3 is 2.68 bits per heavy atom. The summed E-state index contributed by atoms with van der Waals surface area (Å²) in [6.07, 6.45) is 1.62. The maximum absolute atomic E-state index is 12.4. The Hall–Kier alpha value is -1.79. The summed E-state index contributed by atoms with van der Waals surface area (Å²) in [5.74, 6) is -0.0274. The molecule has 0 aliphatic carbocycles. The topological polar surface area (TPSA) is 91.4 Å². The minimum Gasteiger partial charge on any atom is -0.493 e. The van der Waals surface area contributed by atoms with E-state index in [-0.39, 0.29) is 37.5 Å². The van der Waals surface area contributed by atoms with E-state index in [1.807, 2.05) is 22.6 Å². The largest absolute Gasteiger partial charge is 0.493 e. The molecule has 0 spiro atoms. The van der Waals surface area contributed by atoms with E-state index in [2.05, 4.69) is 0 Å². The lowest BCUT2D eigenvalue weighted by Gasteiger charge is -2.13. The molecule has 1 aromatic carbocycles. The predicted octanol–water partition coefficient (Wildman–Crippen LogP) is 2.92. The van der Waals surface area contributed by atoms with Gasteiger partial charge in [-0.1, -0.05) is 0 Å². The highest BCUT2D eigenvalue weighted by atomic mass is 127. The van der Waals surface area contributed by atoms with Crippen molar-refractivity contribution in [2.75, 3.05) is 40.6 Å². The summed E-state index contributed by atoms with van der Waals surface area (Å²) in [7, 11) is 2.99. The van der Waals surface area contributed by atoms with Crippen LogP contribution in [0.3, 0.4) is 0 Å². The summed E-state index contributed by atoms with van der Waals surface area (Å²) in [5, 5.41) is -0.329. The Morgan fingerprint density at radius 2 is 2.04 bits per heavy atom. The first kappa shape index (κ1) is 22.5. The predicted molar refractivity (Wildman–Crippen MR) is 112 cm³/mol. The van der Waals surface area contributed by atoms with Gasteiger partial charge >= 0.3 is 5.97 Å². The number of nitrogens with zero attached hydrogens (tertiary/aromatic N) is 1. The van der Waals surface area contributed by atoms with Gasteiger partial charge in [0.05, 0.1) is 35.3 Å². The van der Waals surface area contributed by atoms with Gasteiger partial charge in [-0.3, -0.25) is 14.5 Å². The molecule has 1 heterocycles. The SMILES string of the molecule is CCOC(=O)COc1c(I)cc(/C=C2/SC(=O)N(CCOC)C2=O)cc1OC. The summed E-state index contributed by atoms with van der Waals surface area (Å²) in [5.41, 5.74) is 0.668. The third-order valence-corrected chi connectivity index (χ3v) is 5.29. The first-order valence-corrected chi connectivity index (χ1v) is 10.2. The highest BCUT2D eigenvalue weighted by Gasteiger charge is 2.34. The number of halogens is 1. The Labute approximate surface area is 180 Å². The monoisotopic (exact) mass is 521 g/mol. The average Bonchev–Trinajstić information content (AvgIpc) is 2.92. The van der Waals surface area contributed by atoms with Crippen molar-refractivity contribution in [3.63, 3.8) is 0 Å². The Morgan fingerprint density at radius 1 is 1.29 bits per heavy atom. The number of hydrogen-bond acceptors (Lipinski definition) is 8. The lowest BCUT2D eigenvalue weighted by molar-refractivity contribution is -0.145. The number of hydrogen-bond donors (Lipinski definition) is 0. The van der Waals surface area contributed by atoms with E-state index in [0.29, 0.717) is 25.5 Å². The molecule has 1 aromatic rings. The van der Waals surface area contributed by atoms with Crippen LogP contribution in [0.1, 0.15) is 12.5 Å². The molecule has 10 heteroatoms. The second-order valence-corrected chi connectivity index (χ2v) is 7.61. The van der Waals surface area contributed by atoms with E-state index in [1.165, 1.54) is 14.2 Å². The van der Waals surface area contributed by atoms with Gasteiger partial charge in [-0.2, -0.15) is 0 Å². The zero-order chi connectivity index (χ0) is 20.7. The van der Waals surface area contributed by atoms with Crippen LogP contribution in [-0.4, -0.2) is 62.6 Å². The smallest absolute Gasteiger partial charge is 0.344 e. The van der Waals surface area contributed by atoms with E-state index in [4.69, 9.17) is 18.9 Å². The molecule has 1 aliphatic rings. The number of amides is 2. The molecule has 1 saturated heterocycles. The number of methoxy groups -OCH3 is 2. The molecule has 2 amide bonds. The summed E-state index contributed by atoms with van der Waals surface area (Å²) in [4.78, 5) is 37.4. The van der Waals surface area contributed by atoms with Gasteiger partial charge in [0.15, 0.2) is 18.1 Å². The van der Waals surface area contributed by atoms with Crippen molar-refractivity contribution >= 4 is 57.5 Å². The van der Waals surface area contributed by atoms with Crippen LogP contribution in [0.5, 0.6) is 11.5 Å². The van der Waals surface area contributed by atoms with E-state index < -0.39 is 5.97 Å². The molecule has 152 valence electrons. The highest BCUT2D eigenvalue weighted by molar-refractivity contribution is 14.1. The minimum atomic E-state index is -0.478. The fourth-order valence-electron chi connectivity index (χ4n) is 2.32. The molecule has 28 heavy (non-hydrogen) atoms. The van der Waals surface area contributed by atoms with Crippen molar-refractivity contribution in [3.8, 4) is 11.5 Å². The normalized spacial score (nSPS) is 15.3. The molecule has 0 unspecified atom stereocenters. The Kier molecular flexibility index (Phi) is 8.58. The van der Waals surface area contributed by atoms with Crippen LogP contribution in [0.2, 0.25) is 0 Å². The zero-order valence-electron chi connectivity index (χ0n) is 15.7. The standard InChI is InChI=1S/C18H20INO7S/c1-4-26-15(21)10-27-16-12(19)7-11(8-13(16)25-3)9-14-17(22)20(5-6-24-2)18(23)28-14/h7-9H,4-6,10H2,1-3H3/b14-9+. The van der Waals surface area contributed by atoms with Crippen molar-refractivity contribution in [1.29, 1.82) is 0 Å². The third-order valence-electron chi connectivity index (χ3n) is 3.58. The number of esters is 1. The van der Waals surface area contributed by atoms with Gasteiger partial charge in [0.1, 0.15) is 0 Å². The lowest BCUT2D eigenvalue weighted by Crippen LogP contribution is -2.31. The van der Waals surface area contributed by atoms with Crippen molar-refractivity contribution in [1.82, 2.24) is 4.90 Å². The lowest BCUT2D eigenvalue weighted by atomic mass is 10.2. The Balaban J connectivity index is 2.22. The van der Waals surface area contributed by atoms with Crippen molar-refractivity contribution < 1.29 is 33.3 Å². The van der Waals surface area contributed by atoms with E-state index in [9.17, 15) is 14.4 Å². The molecular formula is C18H20INO7S. The van der Waals surface area contributed by atoms with Crippen LogP contribution in [-0.2, 0) is 19.1 Å². The van der Waals surface area contributed by atoms with Crippen LogP contribution in [0.4, 0.5) is 4.79 Å². The van der Waals surface area contributed by atoms with Crippen LogP contribution >= 0.6 is 34.4 Å². The molecule has 1 aliphatic heterocycles. The summed E-state index contributed by atoms with van der Waals surface area (Å²) >= 11 is 2.93. The van der Waals surface area contributed by atoms with Gasteiger partial charge in [0, 0.05) is 7.11 Å². The van der Waals surface area contributed by atoms with Gasteiger partial charge in [0.25, 0.3) is 11.1 Å². The number of thioether (sulfide) groups is 1. The number of carbonyl (C=O) groups excluding carboxylic acids is 3. The van der Waals surface area contributed by atoms with E-state index in [0.717, 1.165) is 16.7 Å². The first-order valence-electron chi connectivity index (χ1n) is 8.31. The van der Waals surface area contributed by atoms with Gasteiger partial charge in [-0.15, -0.1) is 0 Å². The maximum atomic E-state index is 12.4. The minimum absolute atomic E-state index is 0.208. The van der Waals surface area contributed by atoms with Gasteiger partial charge < -0.3 is 18.9 Å². The van der Waals surface area contributed by atoms with E-state index >= 15 is 0 Å². The molecule has 0 saturated carbocycles. The Bertz CT molecular complexity index is 796. The molecule has 0 N–H and O–H groups in total. The highest BCUT2D eigenvalue weighted by Crippen LogP contribution is 2.37. The molecule has 0 atom stereocenters. The fourth-order valence-corrected chi connectivity index (χ4v) is 3.97. The molecule has 0 bridgehead atoms. The third kappa shape index (κ3) is 5.61. The maximum Gasteiger partial charge on any atom is 0.344 e. The molecular weight excluding hydrogens is 501 g/mol. The zero-order valence-corrected chi connectivity index (χ0v) is 18.6. The quantitative estimate of drug-likeness (QED) is 0.279. The first-order chi connectivity index (χ1) is 13.4. The summed E-state index contributed by atoms with van der Waals surface area (Å²) in [6.45, 7) is 2.24. The van der Waals surface area contributed by atoms with Crippen molar-refractivity contribution in [3.05, 3.63) is 26.2 Å². The number of ether oxygens (including phenoxy) is 4. The number of imide groups is 1. The van der Waals surface area contributed by atoms with Crippen LogP contribution in [0.25, 0.3) is 6.08 Å². The number of benzene rings is 1. The van der Waals surface area contributed by atoms with E-state index in [1.54, 1.807) is 25.1 Å². The van der Waals surface area contributed by atoms with Crippen LogP contribution in [0, 0.1) is 3.57 Å². The van der Waals surface area contributed by atoms with Crippen LogP contribution in [0.15, 0.2) is 17.0 Å². The second kappa shape index (κ2) is 10.7. The molecule has 1 fully saturated rings. The molecule has 0 aromatic heterocycles. The molecule has 8 nitrogen and oxygen atoms in total. The van der Waals surface area contributed by atoms with Crippen LogP contribution < -0.4 is 9.47 Å². The van der Waals surface area contributed by atoms with Crippen molar-refractivity contribution in [2.45, 2.75) is 6.92 Å². The molecule has 0 radical (unpaired) electrons. The van der Waals surface area contributed by atoms with Gasteiger partial charge in [-0.25, -0.2) is 4.79 Å². The molecule has 2 rings (SSSR count). The number of carbonyl (C=O) groups is 3. The van der Waals surface area contributed by atoms with Gasteiger partial charge in [0.2, 0.25) is 0 Å². The average molecular weight is 521 g/mol. The second-order valence-electron chi connectivity index (χ2n) is 5.45. The summed E-state index contributed by atoms with van der Waals surface area (Å²) < 4.78 is 21.3. The van der Waals surface area contributed by atoms with Gasteiger partial charge in [-0.05, 0) is 65.0 Å². The van der Waals surface area contributed by atoms with Crippen molar-refractivity contribution in [2.24, 2.45) is 0 Å². The summed E-state index contributed by atoms with van der Waals surface area (Å²) in [6, 6.07) is 3.44.